The van der Waals surface area contributed by atoms with Crippen molar-refractivity contribution in [2.45, 2.75) is 6.92 Å². The zero-order valence-electron chi connectivity index (χ0n) is 18.0. The quantitative estimate of drug-likeness (QED) is 0.174. The maximum Gasteiger partial charge on any atom is 0.277 e. The summed E-state index contributed by atoms with van der Waals surface area (Å²) in [6.07, 6.45) is 0.735. The monoisotopic (exact) mass is 484 g/mol. The highest BCUT2D eigenvalue weighted by atomic mass is 19.2. The van der Waals surface area contributed by atoms with Gasteiger partial charge in [-0.25, -0.2) is 18.7 Å². The number of nitrogens with zero attached hydrogens (tertiary/aromatic N) is 1. The molecule has 5 N–H and O–H groups in total. The van der Waals surface area contributed by atoms with Gasteiger partial charge in [0.15, 0.2) is 18.2 Å². The van der Waals surface area contributed by atoms with Crippen LogP contribution in [0.2, 0.25) is 0 Å². The first kappa shape index (κ1) is 26.6. The number of aryl methyl sites for hydroxylation is 1. The molecule has 0 aliphatic rings. The van der Waals surface area contributed by atoms with Gasteiger partial charge in [-0.3, -0.25) is 14.4 Å². The first-order chi connectivity index (χ1) is 16.3. The summed E-state index contributed by atoms with van der Waals surface area (Å²) in [4.78, 5) is 33.3. The maximum atomic E-state index is 14.9. The van der Waals surface area contributed by atoms with Gasteiger partial charge >= 0.3 is 0 Å². The number of aliphatic hydroxyl groups excluding tert-OH is 2. The minimum atomic E-state index is -1.52. The topological polar surface area (TPSA) is 142 Å². The molecule has 0 fully saturated rings. The Kier molecular flexibility index (Phi) is 10.3. The molecule has 0 aliphatic heterocycles. The molecule has 0 unspecified atom stereocenters. The van der Waals surface area contributed by atoms with Crippen molar-refractivity contribution in [1.29, 1.82) is 0 Å². The molecule has 0 heterocycles. The third-order valence-corrected chi connectivity index (χ3v) is 4.12. The first-order valence-electron chi connectivity index (χ1n) is 9.89. The van der Waals surface area contributed by atoms with E-state index in [1.165, 1.54) is 12.1 Å². The normalized spacial score (nSPS) is 10.9. The number of anilines is 2. The lowest BCUT2D eigenvalue weighted by Gasteiger charge is -2.15. The van der Waals surface area contributed by atoms with Gasteiger partial charge < -0.3 is 25.7 Å². The highest BCUT2D eigenvalue weighted by Gasteiger charge is 2.23. The number of halogens is 3. The number of aliphatic hydroxyl groups is 2. The minimum absolute atomic E-state index is 0.00138. The van der Waals surface area contributed by atoms with Crippen molar-refractivity contribution < 1.29 is 42.6 Å². The standard InChI is InChI=1S/C21H23F3N4O6/c1-12-2-3-16(15(22)8-12)27-20-14(21(32)28-33-7-6-30)9-13(18(23)19(20)24)10-26-34-11-17(31)25-4-5-29/h2-3,8-10,27,29-30H,4-7,11H2,1H3,(H,25,31)(H,28,32)/b26-10+. The predicted octanol–water partition coefficient (Wildman–Crippen LogP) is 1.27. The lowest BCUT2D eigenvalue weighted by molar-refractivity contribution is -0.125. The van der Waals surface area contributed by atoms with Crippen LogP contribution in [0.3, 0.4) is 0 Å². The molecule has 34 heavy (non-hydrogen) atoms. The van der Waals surface area contributed by atoms with Crippen LogP contribution in [0, 0.1) is 24.4 Å². The van der Waals surface area contributed by atoms with Crippen LogP contribution < -0.4 is 16.1 Å². The number of rotatable bonds is 12. The first-order valence-corrected chi connectivity index (χ1v) is 9.89. The van der Waals surface area contributed by atoms with Gasteiger partial charge in [0.25, 0.3) is 11.8 Å². The molecule has 0 spiro atoms. The molecule has 2 aromatic carbocycles. The Balaban J connectivity index is 2.35. The van der Waals surface area contributed by atoms with Crippen molar-refractivity contribution in [2.75, 3.05) is 38.3 Å². The van der Waals surface area contributed by atoms with Crippen LogP contribution in [0.15, 0.2) is 29.4 Å². The van der Waals surface area contributed by atoms with E-state index in [1.807, 2.05) is 5.48 Å². The van der Waals surface area contributed by atoms with E-state index in [-0.39, 0.29) is 25.4 Å². The van der Waals surface area contributed by atoms with Crippen LogP contribution in [0.1, 0.15) is 21.5 Å². The third-order valence-electron chi connectivity index (χ3n) is 4.12. The van der Waals surface area contributed by atoms with Crippen molar-refractivity contribution in [3.63, 3.8) is 0 Å². The number of carbonyl (C=O) groups is 2. The fourth-order valence-electron chi connectivity index (χ4n) is 2.55. The van der Waals surface area contributed by atoms with Crippen molar-refractivity contribution in [1.82, 2.24) is 10.8 Å². The van der Waals surface area contributed by atoms with E-state index in [9.17, 15) is 22.8 Å². The largest absolute Gasteiger partial charge is 0.395 e. The molecule has 13 heteroatoms. The van der Waals surface area contributed by atoms with Crippen molar-refractivity contribution in [2.24, 2.45) is 5.16 Å². The van der Waals surface area contributed by atoms with Gasteiger partial charge in [0.05, 0.1) is 43.0 Å². The summed E-state index contributed by atoms with van der Waals surface area (Å²) in [5.74, 6) is -5.35. The van der Waals surface area contributed by atoms with Crippen molar-refractivity contribution in [3.8, 4) is 0 Å². The zero-order valence-corrected chi connectivity index (χ0v) is 18.0. The summed E-state index contributed by atoms with van der Waals surface area (Å²) in [7, 11) is 0. The molecule has 2 rings (SSSR count). The molecule has 2 amide bonds. The van der Waals surface area contributed by atoms with Gasteiger partial charge in [-0.2, -0.15) is 0 Å². The Morgan fingerprint density at radius 1 is 1.12 bits per heavy atom. The summed E-state index contributed by atoms with van der Waals surface area (Å²) in [6, 6.07) is 4.88. The number of amides is 2. The summed E-state index contributed by atoms with van der Waals surface area (Å²) >= 11 is 0. The van der Waals surface area contributed by atoms with E-state index < -0.39 is 59.3 Å². The number of benzene rings is 2. The molecule has 0 atom stereocenters. The predicted molar refractivity (Wildman–Crippen MR) is 115 cm³/mol. The van der Waals surface area contributed by atoms with Gasteiger partial charge in [-0.15, -0.1) is 0 Å². The number of hydroxylamine groups is 1. The molecule has 0 saturated carbocycles. The van der Waals surface area contributed by atoms with E-state index in [1.54, 1.807) is 6.92 Å². The molecule has 184 valence electrons. The molecule has 2 aromatic rings. The highest BCUT2D eigenvalue weighted by molar-refractivity contribution is 6.01. The summed E-state index contributed by atoms with van der Waals surface area (Å²) < 4.78 is 43.9. The zero-order chi connectivity index (χ0) is 25.1. The Labute approximate surface area is 192 Å². The van der Waals surface area contributed by atoms with Crippen molar-refractivity contribution in [3.05, 3.63) is 58.4 Å². The van der Waals surface area contributed by atoms with Gasteiger partial charge in [0.2, 0.25) is 0 Å². The van der Waals surface area contributed by atoms with Gasteiger partial charge in [-0.05, 0) is 30.7 Å². The molecule has 0 radical (unpaired) electrons. The number of hydrogen-bond acceptors (Lipinski definition) is 8. The molecule has 0 bridgehead atoms. The molecule has 0 aromatic heterocycles. The average Bonchev–Trinajstić information content (AvgIpc) is 2.81. The average molecular weight is 484 g/mol. The number of hydrogen-bond donors (Lipinski definition) is 5. The minimum Gasteiger partial charge on any atom is -0.395 e. The fourth-order valence-corrected chi connectivity index (χ4v) is 2.55. The molecule has 0 aliphatic carbocycles. The Morgan fingerprint density at radius 3 is 2.56 bits per heavy atom. The summed E-state index contributed by atoms with van der Waals surface area (Å²) in [5.41, 5.74) is 0.659. The van der Waals surface area contributed by atoms with Crippen LogP contribution >= 0.6 is 0 Å². The maximum absolute atomic E-state index is 14.9. The van der Waals surface area contributed by atoms with Crippen LogP contribution in [-0.2, 0) is 14.5 Å². The molecule has 0 saturated heterocycles. The lowest BCUT2D eigenvalue weighted by atomic mass is 10.1. The van der Waals surface area contributed by atoms with E-state index in [4.69, 9.17) is 19.9 Å². The Bertz CT molecular complexity index is 1050. The third kappa shape index (κ3) is 7.43. The summed E-state index contributed by atoms with van der Waals surface area (Å²) in [5, 5.41) is 25.4. The SMILES string of the molecule is Cc1ccc(Nc2c(C(=O)NOCCO)cc(/C=N/OCC(=O)NCCO)c(F)c2F)c(F)c1. The van der Waals surface area contributed by atoms with Crippen LogP contribution in [0.5, 0.6) is 0 Å². The van der Waals surface area contributed by atoms with E-state index in [0.29, 0.717) is 5.56 Å². The van der Waals surface area contributed by atoms with Crippen LogP contribution in [0.4, 0.5) is 24.5 Å². The van der Waals surface area contributed by atoms with Crippen molar-refractivity contribution >= 4 is 29.4 Å². The number of oxime groups is 1. The number of nitrogens with one attached hydrogen (secondary N) is 3. The molecule has 10 nitrogen and oxygen atoms in total. The van der Waals surface area contributed by atoms with E-state index in [0.717, 1.165) is 18.3 Å². The second-order valence-electron chi connectivity index (χ2n) is 6.71. The fraction of sp³-hybridized carbons (Fsp3) is 0.286. The summed E-state index contributed by atoms with van der Waals surface area (Å²) in [6.45, 7) is 0.105. The number of carbonyl (C=O) groups excluding carboxylic acids is 2. The molecular formula is C21H23F3N4O6. The second-order valence-corrected chi connectivity index (χ2v) is 6.71. The highest BCUT2D eigenvalue weighted by Crippen LogP contribution is 2.30. The van der Waals surface area contributed by atoms with Gasteiger partial charge in [0, 0.05) is 12.1 Å². The second kappa shape index (κ2) is 13.1. The lowest BCUT2D eigenvalue weighted by Crippen LogP contribution is -2.29. The smallest absolute Gasteiger partial charge is 0.277 e. The van der Waals surface area contributed by atoms with Gasteiger partial charge in [-0.1, -0.05) is 11.2 Å². The Morgan fingerprint density at radius 2 is 1.88 bits per heavy atom. The van der Waals surface area contributed by atoms with E-state index >= 15 is 0 Å². The van der Waals surface area contributed by atoms with Crippen LogP contribution in [-0.4, -0.2) is 61.2 Å². The van der Waals surface area contributed by atoms with E-state index in [2.05, 4.69) is 15.8 Å². The van der Waals surface area contributed by atoms with Crippen LogP contribution in [0.25, 0.3) is 0 Å². The Hall–Kier alpha value is -3.68. The van der Waals surface area contributed by atoms with Gasteiger partial charge in [0.1, 0.15) is 5.82 Å². The molecular weight excluding hydrogens is 461 g/mol.